The highest BCUT2D eigenvalue weighted by Crippen LogP contribution is 2.33. The molecule has 3 aromatic carbocycles. The minimum Gasteiger partial charge on any atom is -0.192 e. The summed E-state index contributed by atoms with van der Waals surface area (Å²) in [6.07, 6.45) is 0. The molecule has 4 heteroatoms. The van der Waals surface area contributed by atoms with Gasteiger partial charge in [0.2, 0.25) is 0 Å². The van der Waals surface area contributed by atoms with Crippen molar-refractivity contribution in [1.29, 1.82) is 0 Å². The van der Waals surface area contributed by atoms with Gasteiger partial charge in [-0.05, 0) is 24.3 Å². The first-order valence-corrected chi connectivity index (χ1v) is 6.67. The van der Waals surface area contributed by atoms with Crippen LogP contribution < -0.4 is 0 Å². The Morgan fingerprint density at radius 1 is 0.571 bits per heavy atom. The van der Waals surface area contributed by atoms with Crippen molar-refractivity contribution >= 4 is 27.8 Å². The second-order valence-electron chi connectivity index (χ2n) is 4.48. The van der Waals surface area contributed by atoms with Crippen molar-refractivity contribution in [2.24, 2.45) is 20.5 Å². The Kier molecular flexibility index (Phi) is 3.78. The Hall–Kier alpha value is -2.88. The number of benzene rings is 3. The van der Waals surface area contributed by atoms with Crippen LogP contribution in [-0.2, 0) is 0 Å². The van der Waals surface area contributed by atoms with Gasteiger partial charge in [0.15, 0.2) is 0 Å². The molecule has 4 nitrogen and oxygen atoms in total. The highest BCUT2D eigenvalue weighted by molar-refractivity contribution is 5.99. The molecule has 0 aliphatic carbocycles. The summed E-state index contributed by atoms with van der Waals surface area (Å²) in [6, 6.07) is 21.5. The van der Waals surface area contributed by atoms with E-state index in [4.69, 9.17) is 0 Å². The quantitative estimate of drug-likeness (QED) is 0.528. The van der Waals surface area contributed by atoms with Crippen LogP contribution in [0.3, 0.4) is 0 Å². The molecule has 3 rings (SSSR count). The van der Waals surface area contributed by atoms with Crippen molar-refractivity contribution in [3.63, 3.8) is 0 Å². The average Bonchev–Trinajstić information content (AvgIpc) is 2.54. The van der Waals surface area contributed by atoms with E-state index in [-0.39, 0.29) is 0 Å². The van der Waals surface area contributed by atoms with E-state index in [1.165, 1.54) is 0 Å². The van der Waals surface area contributed by atoms with Crippen LogP contribution in [0.1, 0.15) is 0 Å². The zero-order valence-electron chi connectivity index (χ0n) is 11.6. The number of fused-ring (bicyclic) bond motifs is 1. The van der Waals surface area contributed by atoms with Crippen molar-refractivity contribution < 1.29 is 0 Å². The monoisotopic (exact) mass is 274 g/mol. The zero-order valence-corrected chi connectivity index (χ0v) is 11.6. The van der Waals surface area contributed by atoms with Crippen molar-refractivity contribution in [2.75, 3.05) is 7.05 Å². The molecule has 0 atom stereocenters. The molecule has 0 saturated heterocycles. The molecule has 0 aromatic heterocycles. The molecule has 0 N–H and O–H groups in total. The summed E-state index contributed by atoms with van der Waals surface area (Å²) in [4.78, 5) is 0. The summed E-state index contributed by atoms with van der Waals surface area (Å²) < 4.78 is 0. The lowest BCUT2D eigenvalue weighted by Crippen LogP contribution is -1.74. The predicted molar refractivity (Wildman–Crippen MR) is 85.0 cm³/mol. The van der Waals surface area contributed by atoms with Gasteiger partial charge in [-0.25, -0.2) is 0 Å². The molecular weight excluding hydrogens is 260 g/mol. The second kappa shape index (κ2) is 6.05. The van der Waals surface area contributed by atoms with E-state index in [2.05, 4.69) is 20.5 Å². The molecule has 0 saturated carbocycles. The van der Waals surface area contributed by atoms with Gasteiger partial charge >= 0.3 is 0 Å². The summed E-state index contributed by atoms with van der Waals surface area (Å²) >= 11 is 0. The maximum Gasteiger partial charge on any atom is 0.0936 e. The normalized spacial score (nSPS) is 11.7. The van der Waals surface area contributed by atoms with Gasteiger partial charge in [-0.1, -0.05) is 42.5 Å². The van der Waals surface area contributed by atoms with Crippen molar-refractivity contribution in [1.82, 2.24) is 0 Å². The predicted octanol–water partition coefficient (Wildman–Crippen LogP) is 5.97. The van der Waals surface area contributed by atoms with Gasteiger partial charge in [-0.3, -0.25) is 0 Å². The highest BCUT2D eigenvalue weighted by atomic mass is 15.1. The van der Waals surface area contributed by atoms with E-state index in [0.717, 1.165) is 27.8 Å². The van der Waals surface area contributed by atoms with E-state index in [9.17, 15) is 0 Å². The molecule has 0 bridgehead atoms. The number of nitrogens with zero attached hydrogens (tertiary/aromatic N) is 4. The summed E-state index contributed by atoms with van der Waals surface area (Å²) in [5.41, 5.74) is 2.50. The lowest BCUT2D eigenvalue weighted by Gasteiger charge is -2.03. The van der Waals surface area contributed by atoms with Gasteiger partial charge < -0.3 is 0 Å². The molecular formula is C17H14N4. The van der Waals surface area contributed by atoms with E-state index in [1.54, 1.807) is 7.05 Å². The minimum atomic E-state index is 0.824. The molecule has 0 radical (unpaired) electrons. The topological polar surface area (TPSA) is 49.4 Å². The first-order chi connectivity index (χ1) is 10.4. The third kappa shape index (κ3) is 2.84. The van der Waals surface area contributed by atoms with Crippen LogP contribution >= 0.6 is 0 Å². The van der Waals surface area contributed by atoms with Crippen LogP contribution in [0, 0.1) is 0 Å². The SMILES string of the molecule is CN=Nc1cccc2c(N=Nc3ccccc3)cccc12. The first-order valence-electron chi connectivity index (χ1n) is 6.67. The molecule has 0 amide bonds. The van der Waals surface area contributed by atoms with Crippen LogP contribution in [0.5, 0.6) is 0 Å². The summed E-state index contributed by atoms with van der Waals surface area (Å²) in [5, 5.41) is 18.7. The fourth-order valence-corrected chi connectivity index (χ4v) is 2.17. The molecule has 0 unspecified atom stereocenters. The zero-order chi connectivity index (χ0) is 14.5. The Balaban J connectivity index is 2.07. The lowest BCUT2D eigenvalue weighted by atomic mass is 10.1. The Bertz CT molecular complexity index is 807. The molecule has 0 spiro atoms. The Morgan fingerprint density at radius 3 is 1.81 bits per heavy atom. The van der Waals surface area contributed by atoms with Crippen molar-refractivity contribution in [3.8, 4) is 0 Å². The number of hydrogen-bond acceptors (Lipinski definition) is 4. The smallest absolute Gasteiger partial charge is 0.0936 e. The number of azo groups is 2. The average molecular weight is 274 g/mol. The highest BCUT2D eigenvalue weighted by Gasteiger charge is 2.03. The van der Waals surface area contributed by atoms with E-state index in [0.29, 0.717) is 0 Å². The fourth-order valence-electron chi connectivity index (χ4n) is 2.17. The first kappa shape index (κ1) is 13.1. The molecule has 102 valence electrons. The standard InChI is InChI=1S/C17H14N4/c1-18-20-16-11-5-10-15-14(16)9-6-12-17(15)21-19-13-7-3-2-4-8-13/h2-12H,1H3. The third-order valence-corrected chi connectivity index (χ3v) is 3.11. The largest absolute Gasteiger partial charge is 0.192 e. The number of rotatable bonds is 3. The van der Waals surface area contributed by atoms with Gasteiger partial charge in [0.1, 0.15) is 0 Å². The molecule has 21 heavy (non-hydrogen) atoms. The van der Waals surface area contributed by atoms with Crippen molar-refractivity contribution in [2.45, 2.75) is 0 Å². The van der Waals surface area contributed by atoms with Gasteiger partial charge in [-0.2, -0.15) is 15.3 Å². The van der Waals surface area contributed by atoms with Gasteiger partial charge in [0.05, 0.1) is 17.1 Å². The van der Waals surface area contributed by atoms with Crippen molar-refractivity contribution in [3.05, 3.63) is 66.7 Å². The van der Waals surface area contributed by atoms with Gasteiger partial charge in [0, 0.05) is 17.8 Å². The van der Waals surface area contributed by atoms with Gasteiger partial charge in [0.25, 0.3) is 0 Å². The second-order valence-corrected chi connectivity index (χ2v) is 4.48. The lowest BCUT2D eigenvalue weighted by molar-refractivity contribution is 1.17. The molecule has 0 aliphatic heterocycles. The molecule has 0 heterocycles. The minimum absolute atomic E-state index is 0.824. The van der Waals surface area contributed by atoms with Crippen LogP contribution in [0.25, 0.3) is 10.8 Å². The Morgan fingerprint density at radius 2 is 1.19 bits per heavy atom. The summed E-state index contributed by atoms with van der Waals surface area (Å²) in [5.74, 6) is 0. The summed E-state index contributed by atoms with van der Waals surface area (Å²) in [7, 11) is 1.66. The summed E-state index contributed by atoms with van der Waals surface area (Å²) in [6.45, 7) is 0. The third-order valence-electron chi connectivity index (χ3n) is 3.11. The maximum atomic E-state index is 4.36. The molecule has 0 fully saturated rings. The van der Waals surface area contributed by atoms with Crippen LogP contribution in [-0.4, -0.2) is 7.05 Å². The number of hydrogen-bond donors (Lipinski definition) is 0. The van der Waals surface area contributed by atoms with Crippen LogP contribution in [0.15, 0.2) is 87.2 Å². The van der Waals surface area contributed by atoms with E-state index >= 15 is 0 Å². The van der Waals surface area contributed by atoms with Gasteiger partial charge in [-0.15, -0.1) is 5.11 Å². The molecule has 3 aromatic rings. The fraction of sp³-hybridized carbons (Fsp3) is 0.0588. The maximum absolute atomic E-state index is 4.36. The van der Waals surface area contributed by atoms with Crippen LogP contribution in [0.2, 0.25) is 0 Å². The van der Waals surface area contributed by atoms with E-state index in [1.807, 2.05) is 66.7 Å². The Labute approximate surface area is 122 Å². The van der Waals surface area contributed by atoms with Crippen LogP contribution in [0.4, 0.5) is 17.1 Å². The molecule has 0 aliphatic rings. The van der Waals surface area contributed by atoms with E-state index < -0.39 is 0 Å².